The summed E-state index contributed by atoms with van der Waals surface area (Å²) < 4.78 is 28.0. The fourth-order valence-corrected chi connectivity index (χ4v) is 4.87. The summed E-state index contributed by atoms with van der Waals surface area (Å²) in [5.41, 5.74) is 1.70. The second-order valence-corrected chi connectivity index (χ2v) is 8.65. The van der Waals surface area contributed by atoms with Crippen LogP contribution < -0.4 is 4.72 Å². The molecular weight excluding hydrogens is 330 g/mol. The average Bonchev–Trinajstić information content (AvgIpc) is 3.07. The number of hydrogen-bond donors (Lipinski definition) is 2. The molecule has 126 valence electrons. The molecule has 3 atom stereocenters. The zero-order chi connectivity index (χ0) is 17.0. The topological polar surface area (TPSA) is 66.4 Å². The Morgan fingerprint density at radius 2 is 1.91 bits per heavy atom. The number of aryl methyl sites for hydroxylation is 1. The van der Waals surface area contributed by atoms with Gasteiger partial charge in [0, 0.05) is 0 Å². The third kappa shape index (κ3) is 4.20. The molecular formula is C17H23NO3S2. The lowest BCUT2D eigenvalue weighted by Crippen LogP contribution is -2.43. The van der Waals surface area contributed by atoms with Crippen LogP contribution in [0, 0.1) is 12.8 Å². The van der Waals surface area contributed by atoms with Crippen LogP contribution in [0.3, 0.4) is 0 Å². The summed E-state index contributed by atoms with van der Waals surface area (Å²) in [4.78, 5) is 0. The van der Waals surface area contributed by atoms with Gasteiger partial charge in [0.05, 0.1) is 12.1 Å². The van der Waals surface area contributed by atoms with Gasteiger partial charge < -0.3 is 5.11 Å². The van der Waals surface area contributed by atoms with Gasteiger partial charge >= 0.3 is 0 Å². The second kappa shape index (κ2) is 7.57. The molecule has 2 aromatic rings. The van der Waals surface area contributed by atoms with Crippen molar-refractivity contribution in [3.8, 4) is 0 Å². The molecule has 0 radical (unpaired) electrons. The van der Waals surface area contributed by atoms with Crippen molar-refractivity contribution in [2.45, 2.75) is 43.5 Å². The summed E-state index contributed by atoms with van der Waals surface area (Å²) in [6, 6.07) is 10.2. The van der Waals surface area contributed by atoms with Gasteiger partial charge in [0.25, 0.3) is 0 Å². The quantitative estimate of drug-likeness (QED) is 0.801. The van der Waals surface area contributed by atoms with Crippen LogP contribution in [0.25, 0.3) is 0 Å². The smallest absolute Gasteiger partial charge is 0.250 e. The molecule has 1 aromatic carbocycles. The molecule has 0 amide bonds. The van der Waals surface area contributed by atoms with Crippen molar-refractivity contribution < 1.29 is 13.5 Å². The number of sulfonamides is 1. The maximum absolute atomic E-state index is 12.5. The first-order valence-electron chi connectivity index (χ1n) is 7.66. The maximum Gasteiger partial charge on any atom is 0.250 e. The van der Waals surface area contributed by atoms with Gasteiger partial charge in [-0.15, -0.1) is 11.3 Å². The summed E-state index contributed by atoms with van der Waals surface area (Å²) >= 11 is 1.17. The van der Waals surface area contributed by atoms with E-state index in [-0.39, 0.29) is 10.1 Å². The Morgan fingerprint density at radius 3 is 2.48 bits per heavy atom. The zero-order valence-corrected chi connectivity index (χ0v) is 15.2. The van der Waals surface area contributed by atoms with Crippen molar-refractivity contribution in [2.24, 2.45) is 5.92 Å². The molecule has 0 aliphatic rings. The van der Waals surface area contributed by atoms with Crippen molar-refractivity contribution in [1.82, 2.24) is 4.72 Å². The maximum atomic E-state index is 12.5. The van der Waals surface area contributed by atoms with E-state index in [1.165, 1.54) is 11.3 Å². The summed E-state index contributed by atoms with van der Waals surface area (Å²) in [5, 5.41) is 12.5. The Hall–Kier alpha value is -1.21. The van der Waals surface area contributed by atoms with Gasteiger partial charge in [-0.25, -0.2) is 13.1 Å². The van der Waals surface area contributed by atoms with Crippen LogP contribution in [-0.4, -0.2) is 19.6 Å². The number of nitrogens with one attached hydrogen (secondary N) is 1. The van der Waals surface area contributed by atoms with Crippen LogP contribution in [0.5, 0.6) is 0 Å². The molecule has 0 spiro atoms. The van der Waals surface area contributed by atoms with E-state index in [0.717, 1.165) is 17.5 Å². The monoisotopic (exact) mass is 353 g/mol. The number of benzene rings is 1. The molecule has 1 unspecified atom stereocenters. The first-order valence-corrected chi connectivity index (χ1v) is 10.0. The van der Waals surface area contributed by atoms with E-state index in [2.05, 4.69) is 4.72 Å². The molecule has 2 N–H and O–H groups in total. The van der Waals surface area contributed by atoms with Gasteiger partial charge in [-0.3, -0.25) is 0 Å². The van der Waals surface area contributed by atoms with E-state index >= 15 is 0 Å². The summed E-state index contributed by atoms with van der Waals surface area (Å²) in [7, 11) is -3.63. The van der Waals surface area contributed by atoms with E-state index in [1.807, 2.05) is 45.0 Å². The van der Waals surface area contributed by atoms with Crippen LogP contribution in [0.2, 0.25) is 0 Å². The normalized spacial score (nSPS) is 16.0. The van der Waals surface area contributed by atoms with E-state index in [4.69, 9.17) is 0 Å². The van der Waals surface area contributed by atoms with Crippen LogP contribution in [0.15, 0.2) is 46.0 Å². The predicted octanol–water partition coefficient (Wildman–Crippen LogP) is 3.48. The molecule has 0 saturated heterocycles. The molecule has 0 fully saturated rings. The van der Waals surface area contributed by atoms with E-state index in [0.29, 0.717) is 0 Å². The molecule has 0 saturated carbocycles. The minimum absolute atomic E-state index is 0.000608. The van der Waals surface area contributed by atoms with Crippen LogP contribution in [-0.2, 0) is 10.0 Å². The Balaban J connectivity index is 2.33. The van der Waals surface area contributed by atoms with Crippen molar-refractivity contribution in [2.75, 3.05) is 0 Å². The molecule has 1 heterocycles. The number of hydrogen-bond acceptors (Lipinski definition) is 4. The number of aliphatic hydroxyl groups is 1. The molecule has 0 bridgehead atoms. The van der Waals surface area contributed by atoms with E-state index in [9.17, 15) is 13.5 Å². The van der Waals surface area contributed by atoms with Crippen molar-refractivity contribution >= 4 is 21.4 Å². The highest BCUT2D eigenvalue weighted by atomic mass is 32.2. The summed E-state index contributed by atoms with van der Waals surface area (Å²) in [5.74, 6) is -0.000608. The van der Waals surface area contributed by atoms with Crippen LogP contribution in [0.1, 0.15) is 37.5 Å². The van der Waals surface area contributed by atoms with Crippen LogP contribution in [0.4, 0.5) is 0 Å². The first-order chi connectivity index (χ1) is 10.9. The molecule has 0 aliphatic heterocycles. The third-order valence-electron chi connectivity index (χ3n) is 4.16. The molecule has 2 rings (SSSR count). The van der Waals surface area contributed by atoms with Gasteiger partial charge in [0.1, 0.15) is 4.21 Å². The largest absolute Gasteiger partial charge is 0.387 e. The van der Waals surface area contributed by atoms with E-state index in [1.54, 1.807) is 17.5 Å². The fraction of sp³-hybridized carbons (Fsp3) is 0.412. The highest BCUT2D eigenvalue weighted by molar-refractivity contribution is 7.91. The van der Waals surface area contributed by atoms with Crippen molar-refractivity contribution in [1.29, 1.82) is 0 Å². The predicted molar refractivity (Wildman–Crippen MR) is 94.0 cm³/mol. The Bertz CT molecular complexity index is 726. The second-order valence-electron chi connectivity index (χ2n) is 5.77. The van der Waals surface area contributed by atoms with Crippen molar-refractivity contribution in [3.05, 3.63) is 52.9 Å². The van der Waals surface area contributed by atoms with E-state index < -0.39 is 22.2 Å². The SMILES string of the molecule is CC[C@H](C)C(NS(=O)(=O)c1cccs1)[C@@H](O)c1ccccc1C. The molecule has 4 nitrogen and oxygen atoms in total. The highest BCUT2D eigenvalue weighted by Crippen LogP contribution is 2.28. The third-order valence-corrected chi connectivity index (χ3v) is 7.01. The Morgan fingerprint density at radius 1 is 1.22 bits per heavy atom. The fourth-order valence-electron chi connectivity index (χ4n) is 2.51. The average molecular weight is 354 g/mol. The highest BCUT2D eigenvalue weighted by Gasteiger charge is 2.31. The van der Waals surface area contributed by atoms with Gasteiger partial charge in [-0.05, 0) is 35.4 Å². The lowest BCUT2D eigenvalue weighted by atomic mass is 9.89. The minimum Gasteiger partial charge on any atom is -0.387 e. The number of thiophene rings is 1. The first kappa shape index (κ1) is 18.1. The Labute approximate surface area is 142 Å². The zero-order valence-electron chi connectivity index (χ0n) is 13.6. The van der Waals surface area contributed by atoms with Gasteiger partial charge in [0.15, 0.2) is 0 Å². The number of rotatable bonds is 7. The van der Waals surface area contributed by atoms with Gasteiger partial charge in [-0.1, -0.05) is 50.6 Å². The number of aliphatic hydroxyl groups excluding tert-OH is 1. The van der Waals surface area contributed by atoms with Gasteiger partial charge in [0.2, 0.25) is 10.0 Å². The Kier molecular flexibility index (Phi) is 5.97. The molecule has 0 aliphatic carbocycles. The van der Waals surface area contributed by atoms with Crippen LogP contribution >= 0.6 is 11.3 Å². The lowest BCUT2D eigenvalue weighted by Gasteiger charge is -2.29. The summed E-state index contributed by atoms with van der Waals surface area (Å²) in [6.07, 6.45) is -0.124. The molecule has 6 heteroatoms. The summed E-state index contributed by atoms with van der Waals surface area (Å²) in [6.45, 7) is 5.85. The minimum atomic E-state index is -3.63. The van der Waals surface area contributed by atoms with Gasteiger partial charge in [-0.2, -0.15) is 0 Å². The lowest BCUT2D eigenvalue weighted by molar-refractivity contribution is 0.111. The standard InChI is InChI=1S/C17H23NO3S2/c1-4-12(2)16(17(19)14-9-6-5-8-13(14)3)18-23(20,21)15-10-7-11-22-15/h5-12,16-19H,4H2,1-3H3/t12-,16?,17-/m0/s1. The molecule has 1 aromatic heterocycles. The van der Waals surface area contributed by atoms with Crippen molar-refractivity contribution in [3.63, 3.8) is 0 Å². The molecule has 23 heavy (non-hydrogen) atoms.